The highest BCUT2D eigenvalue weighted by molar-refractivity contribution is 5.48. The van der Waals surface area contributed by atoms with Gasteiger partial charge in [0.25, 0.3) is 0 Å². The predicted molar refractivity (Wildman–Crippen MR) is 82.5 cm³/mol. The summed E-state index contributed by atoms with van der Waals surface area (Å²) in [5, 5.41) is 7.01. The Kier molecular flexibility index (Phi) is 4.07. The Bertz CT molecular complexity index is 829. The normalized spacial score (nSPS) is 11.5. The number of benzene rings is 1. The van der Waals surface area contributed by atoms with Gasteiger partial charge in [-0.15, -0.1) is 5.10 Å². The number of pyridine rings is 1. The van der Waals surface area contributed by atoms with Gasteiger partial charge in [0, 0.05) is 6.20 Å². The Morgan fingerprint density at radius 2 is 1.96 bits per heavy atom. The molecular weight excluding hydrogens is 321 g/mol. The van der Waals surface area contributed by atoms with E-state index in [-0.39, 0.29) is 18.4 Å². The summed E-state index contributed by atoms with van der Waals surface area (Å²) in [5.41, 5.74) is 5.48. The van der Waals surface area contributed by atoms with Gasteiger partial charge in [-0.05, 0) is 29.8 Å². The molecule has 1 aromatic carbocycles. The number of nitrogens with one attached hydrogen (secondary N) is 1. The van der Waals surface area contributed by atoms with E-state index in [0.717, 1.165) is 12.1 Å². The Morgan fingerprint density at radius 1 is 1.12 bits per heavy atom. The van der Waals surface area contributed by atoms with Crippen molar-refractivity contribution in [1.82, 2.24) is 19.7 Å². The van der Waals surface area contributed by atoms with Gasteiger partial charge < -0.3 is 11.1 Å². The van der Waals surface area contributed by atoms with Crippen LogP contribution in [-0.2, 0) is 12.7 Å². The topological polar surface area (TPSA) is 81.7 Å². The number of nitrogens with two attached hydrogens (primary N) is 1. The minimum absolute atomic E-state index is 0.0760. The van der Waals surface area contributed by atoms with Crippen LogP contribution in [0.5, 0.6) is 0 Å². The van der Waals surface area contributed by atoms with Crippen LogP contribution in [0.3, 0.4) is 0 Å². The predicted octanol–water partition coefficient (Wildman–Crippen LogP) is 3.07. The van der Waals surface area contributed by atoms with Crippen LogP contribution in [0.25, 0.3) is 0 Å². The molecule has 0 aliphatic carbocycles. The molecule has 124 valence electrons. The summed E-state index contributed by atoms with van der Waals surface area (Å²) in [4.78, 5) is 8.10. The fourth-order valence-electron chi connectivity index (χ4n) is 2.09. The molecule has 0 saturated carbocycles. The van der Waals surface area contributed by atoms with Gasteiger partial charge in [-0.2, -0.15) is 18.2 Å². The summed E-state index contributed by atoms with van der Waals surface area (Å²) in [5.74, 6) is 0.845. The van der Waals surface area contributed by atoms with E-state index in [0.29, 0.717) is 11.4 Å². The van der Waals surface area contributed by atoms with Crippen LogP contribution in [0, 0.1) is 0 Å². The molecule has 0 amide bonds. The molecule has 0 aliphatic heterocycles. The molecule has 3 aromatic rings. The van der Waals surface area contributed by atoms with E-state index < -0.39 is 11.7 Å². The monoisotopic (exact) mass is 334 g/mol. The third-order valence-corrected chi connectivity index (χ3v) is 3.19. The third kappa shape index (κ3) is 3.62. The fraction of sp³-hybridized carbons (Fsp3) is 0.133. The van der Waals surface area contributed by atoms with E-state index >= 15 is 0 Å². The zero-order valence-corrected chi connectivity index (χ0v) is 12.3. The SMILES string of the molecule is Nc1nc(Nc2ccccn2)nn1Cc1cccc(C(F)(F)F)c1. The van der Waals surface area contributed by atoms with Crippen molar-refractivity contribution in [3.05, 3.63) is 59.8 Å². The zero-order valence-electron chi connectivity index (χ0n) is 12.3. The molecule has 0 fully saturated rings. The number of hydrogen-bond donors (Lipinski definition) is 2. The van der Waals surface area contributed by atoms with Crippen molar-refractivity contribution < 1.29 is 13.2 Å². The smallest absolute Gasteiger partial charge is 0.368 e. The van der Waals surface area contributed by atoms with Crippen molar-refractivity contribution in [1.29, 1.82) is 0 Å². The molecule has 0 unspecified atom stereocenters. The third-order valence-electron chi connectivity index (χ3n) is 3.19. The number of nitrogens with zero attached hydrogens (tertiary/aromatic N) is 4. The number of hydrogen-bond acceptors (Lipinski definition) is 5. The first-order chi connectivity index (χ1) is 11.4. The van der Waals surface area contributed by atoms with Gasteiger partial charge in [0.2, 0.25) is 11.9 Å². The molecule has 0 bridgehead atoms. The van der Waals surface area contributed by atoms with Crippen molar-refractivity contribution >= 4 is 17.7 Å². The second-order valence-corrected chi connectivity index (χ2v) is 4.99. The molecule has 3 rings (SSSR count). The molecule has 0 aliphatic rings. The average molecular weight is 334 g/mol. The maximum atomic E-state index is 12.8. The van der Waals surface area contributed by atoms with E-state index in [9.17, 15) is 13.2 Å². The molecule has 0 radical (unpaired) electrons. The average Bonchev–Trinajstić information content (AvgIpc) is 2.87. The van der Waals surface area contributed by atoms with E-state index in [4.69, 9.17) is 5.73 Å². The molecule has 0 spiro atoms. The molecule has 0 saturated heterocycles. The van der Waals surface area contributed by atoms with Gasteiger partial charge in [-0.1, -0.05) is 18.2 Å². The first-order valence-electron chi connectivity index (χ1n) is 6.96. The lowest BCUT2D eigenvalue weighted by atomic mass is 10.1. The van der Waals surface area contributed by atoms with Crippen LogP contribution in [0.2, 0.25) is 0 Å². The number of halogens is 3. The standard InChI is InChI=1S/C15H13F3N6/c16-15(17,18)11-5-3-4-10(8-11)9-24-13(19)22-14(23-24)21-12-6-1-2-7-20-12/h1-8H,9H2,(H3,19,20,21,22,23). The molecule has 3 N–H and O–H groups in total. The summed E-state index contributed by atoms with van der Waals surface area (Å²) in [6.45, 7) is 0.0760. The lowest BCUT2D eigenvalue weighted by Gasteiger charge is -2.09. The van der Waals surface area contributed by atoms with Crippen molar-refractivity contribution in [2.45, 2.75) is 12.7 Å². The molecule has 6 nitrogen and oxygen atoms in total. The summed E-state index contributed by atoms with van der Waals surface area (Å²) >= 11 is 0. The second-order valence-electron chi connectivity index (χ2n) is 4.99. The molecule has 2 aromatic heterocycles. The van der Waals surface area contributed by atoms with Crippen molar-refractivity contribution in [2.24, 2.45) is 0 Å². The maximum absolute atomic E-state index is 12.8. The van der Waals surface area contributed by atoms with Gasteiger partial charge in [-0.3, -0.25) is 0 Å². The van der Waals surface area contributed by atoms with E-state index in [1.54, 1.807) is 30.5 Å². The molecular formula is C15H13F3N6. The lowest BCUT2D eigenvalue weighted by Crippen LogP contribution is -2.09. The Labute approximate surface area is 135 Å². The second kappa shape index (κ2) is 6.19. The summed E-state index contributed by atoms with van der Waals surface area (Å²) in [7, 11) is 0. The molecule has 24 heavy (non-hydrogen) atoms. The Balaban J connectivity index is 1.79. The van der Waals surface area contributed by atoms with Gasteiger partial charge in [-0.25, -0.2) is 9.67 Å². The zero-order chi connectivity index (χ0) is 17.2. The minimum atomic E-state index is -4.39. The number of anilines is 3. The van der Waals surface area contributed by atoms with Crippen molar-refractivity contribution in [3.63, 3.8) is 0 Å². The number of aromatic nitrogens is 4. The van der Waals surface area contributed by atoms with Crippen LogP contribution in [-0.4, -0.2) is 19.7 Å². The minimum Gasteiger partial charge on any atom is -0.368 e. The van der Waals surface area contributed by atoms with Crippen LogP contribution in [0.4, 0.5) is 30.9 Å². The van der Waals surface area contributed by atoms with Crippen molar-refractivity contribution in [3.8, 4) is 0 Å². The quantitative estimate of drug-likeness (QED) is 0.766. The van der Waals surface area contributed by atoms with Gasteiger partial charge in [0.1, 0.15) is 5.82 Å². The highest BCUT2D eigenvalue weighted by atomic mass is 19.4. The fourth-order valence-corrected chi connectivity index (χ4v) is 2.09. The van der Waals surface area contributed by atoms with Crippen LogP contribution in [0.1, 0.15) is 11.1 Å². The number of nitrogen functional groups attached to an aromatic ring is 1. The highest BCUT2D eigenvalue weighted by Gasteiger charge is 2.30. The number of alkyl halides is 3. The first kappa shape index (κ1) is 15.8. The van der Waals surface area contributed by atoms with Gasteiger partial charge >= 0.3 is 6.18 Å². The van der Waals surface area contributed by atoms with Crippen LogP contribution < -0.4 is 11.1 Å². The van der Waals surface area contributed by atoms with Crippen LogP contribution >= 0.6 is 0 Å². The number of rotatable bonds is 4. The summed E-state index contributed by atoms with van der Waals surface area (Å²) in [6, 6.07) is 10.3. The van der Waals surface area contributed by atoms with Gasteiger partial charge in [0.15, 0.2) is 0 Å². The highest BCUT2D eigenvalue weighted by Crippen LogP contribution is 2.29. The Hall–Kier alpha value is -3.10. The maximum Gasteiger partial charge on any atom is 0.416 e. The lowest BCUT2D eigenvalue weighted by molar-refractivity contribution is -0.137. The molecule has 0 atom stereocenters. The van der Waals surface area contributed by atoms with E-state index in [2.05, 4.69) is 20.4 Å². The molecule has 2 heterocycles. The first-order valence-corrected chi connectivity index (χ1v) is 6.96. The van der Waals surface area contributed by atoms with E-state index in [1.165, 1.54) is 10.7 Å². The summed E-state index contributed by atoms with van der Waals surface area (Å²) in [6.07, 6.45) is -2.79. The van der Waals surface area contributed by atoms with Crippen LogP contribution in [0.15, 0.2) is 48.7 Å². The molecule has 9 heteroatoms. The van der Waals surface area contributed by atoms with Crippen molar-refractivity contribution in [2.75, 3.05) is 11.1 Å². The summed E-state index contributed by atoms with van der Waals surface area (Å²) < 4.78 is 39.6. The van der Waals surface area contributed by atoms with Gasteiger partial charge in [0.05, 0.1) is 12.1 Å². The largest absolute Gasteiger partial charge is 0.416 e. The van der Waals surface area contributed by atoms with E-state index in [1.807, 2.05) is 0 Å². The Morgan fingerprint density at radius 3 is 2.67 bits per heavy atom.